The molecule has 2 N–H and O–H groups in total. The number of piperidine rings is 1. The first-order valence-electron chi connectivity index (χ1n) is 10.5. The molecule has 0 saturated carbocycles. The van der Waals surface area contributed by atoms with Crippen LogP contribution in [0.2, 0.25) is 0 Å². The summed E-state index contributed by atoms with van der Waals surface area (Å²) >= 11 is 1.76. The predicted molar refractivity (Wildman–Crippen MR) is 124 cm³/mol. The first kappa shape index (κ1) is 22.1. The molecule has 1 aliphatic heterocycles. The summed E-state index contributed by atoms with van der Waals surface area (Å²) in [6.07, 6.45) is 2.95. The number of rotatable bonds is 7. The van der Waals surface area contributed by atoms with Crippen LogP contribution in [0.3, 0.4) is 0 Å². The van der Waals surface area contributed by atoms with E-state index in [0.29, 0.717) is 12.0 Å². The zero-order valence-electron chi connectivity index (χ0n) is 18.1. The van der Waals surface area contributed by atoms with E-state index < -0.39 is 0 Å². The molecule has 2 aromatic heterocycles. The zero-order chi connectivity index (χ0) is 21.3. The molecule has 0 unspecified atom stereocenters. The Bertz CT molecular complexity index is 828. The van der Waals surface area contributed by atoms with Crippen LogP contribution in [-0.4, -0.2) is 68.1 Å². The number of anilines is 1. The van der Waals surface area contributed by atoms with Crippen LogP contribution in [0.4, 0.5) is 5.82 Å². The van der Waals surface area contributed by atoms with E-state index in [2.05, 4.69) is 55.2 Å². The van der Waals surface area contributed by atoms with Gasteiger partial charge in [-0.2, -0.15) is 0 Å². The largest absolute Gasteiger partial charge is 0.356 e. The van der Waals surface area contributed by atoms with Crippen molar-refractivity contribution >= 4 is 29.0 Å². The molecule has 162 valence electrons. The SMILES string of the molecule is Cc1cccc(N2CCC(NC(=NCC(=O)N(C)C)NCCc3cccs3)CC2)n1. The first-order valence-corrected chi connectivity index (χ1v) is 11.3. The fraction of sp³-hybridized carbons (Fsp3) is 0.500. The molecule has 0 radical (unpaired) electrons. The van der Waals surface area contributed by atoms with E-state index in [1.807, 2.05) is 13.0 Å². The number of pyridine rings is 1. The van der Waals surface area contributed by atoms with E-state index in [4.69, 9.17) is 0 Å². The minimum Gasteiger partial charge on any atom is -0.356 e. The minimum absolute atomic E-state index is 0.00491. The minimum atomic E-state index is -0.00491. The number of hydrogen-bond donors (Lipinski definition) is 2. The molecule has 3 heterocycles. The quantitative estimate of drug-likeness (QED) is 0.523. The standard InChI is InChI=1S/C22H32N6OS/c1-17-6-4-8-20(25-17)28-13-10-18(11-14-28)26-22(24-16-21(29)27(2)3)23-12-9-19-7-5-15-30-19/h4-8,15,18H,9-14,16H2,1-3H3,(H2,23,24,26). The highest BCUT2D eigenvalue weighted by Gasteiger charge is 2.21. The summed E-state index contributed by atoms with van der Waals surface area (Å²) in [7, 11) is 3.51. The highest BCUT2D eigenvalue weighted by Crippen LogP contribution is 2.18. The van der Waals surface area contributed by atoms with Gasteiger partial charge in [0.2, 0.25) is 5.91 Å². The van der Waals surface area contributed by atoms with E-state index >= 15 is 0 Å². The Balaban J connectivity index is 1.54. The Kier molecular flexibility index (Phi) is 8.07. The van der Waals surface area contributed by atoms with Gasteiger partial charge in [-0.15, -0.1) is 11.3 Å². The molecule has 3 rings (SSSR count). The summed E-state index contributed by atoms with van der Waals surface area (Å²) in [6, 6.07) is 10.7. The Morgan fingerprint density at radius 3 is 2.73 bits per heavy atom. The van der Waals surface area contributed by atoms with E-state index in [9.17, 15) is 4.79 Å². The van der Waals surface area contributed by atoms with Gasteiger partial charge in [-0.3, -0.25) is 4.79 Å². The van der Waals surface area contributed by atoms with Crippen LogP contribution in [0.5, 0.6) is 0 Å². The number of nitrogens with one attached hydrogen (secondary N) is 2. The summed E-state index contributed by atoms with van der Waals surface area (Å²) in [5.74, 6) is 1.76. The molecule has 30 heavy (non-hydrogen) atoms. The van der Waals surface area contributed by atoms with Crippen molar-refractivity contribution in [2.24, 2.45) is 4.99 Å². The molecule has 0 spiro atoms. The average molecular weight is 429 g/mol. The smallest absolute Gasteiger partial charge is 0.243 e. The average Bonchev–Trinajstić information content (AvgIpc) is 3.25. The van der Waals surface area contributed by atoms with Crippen LogP contribution in [0, 0.1) is 6.92 Å². The van der Waals surface area contributed by atoms with E-state index in [-0.39, 0.29) is 12.5 Å². The molecule has 1 saturated heterocycles. The maximum absolute atomic E-state index is 12.0. The molecule has 1 fully saturated rings. The van der Waals surface area contributed by atoms with Gasteiger partial charge in [0, 0.05) is 50.3 Å². The maximum Gasteiger partial charge on any atom is 0.243 e. The van der Waals surface area contributed by atoms with Crippen molar-refractivity contribution < 1.29 is 4.79 Å². The zero-order valence-corrected chi connectivity index (χ0v) is 18.9. The van der Waals surface area contributed by atoms with Crippen LogP contribution < -0.4 is 15.5 Å². The Morgan fingerprint density at radius 2 is 2.07 bits per heavy atom. The molecule has 8 heteroatoms. The van der Waals surface area contributed by atoms with E-state index in [1.54, 1.807) is 30.3 Å². The third kappa shape index (κ3) is 6.73. The summed E-state index contributed by atoms with van der Waals surface area (Å²) in [5.41, 5.74) is 1.04. The highest BCUT2D eigenvalue weighted by molar-refractivity contribution is 7.09. The van der Waals surface area contributed by atoms with Crippen molar-refractivity contribution in [1.29, 1.82) is 0 Å². The van der Waals surface area contributed by atoms with Crippen molar-refractivity contribution in [3.8, 4) is 0 Å². The number of likely N-dealkylation sites (N-methyl/N-ethyl adjacent to an activating group) is 1. The Hall–Kier alpha value is -2.61. The van der Waals surface area contributed by atoms with Gasteiger partial charge in [0.15, 0.2) is 5.96 Å². The molecule has 0 aliphatic carbocycles. The molecule has 0 atom stereocenters. The fourth-order valence-electron chi connectivity index (χ4n) is 3.35. The normalized spacial score (nSPS) is 15.2. The number of aliphatic imine (C=N–C) groups is 1. The number of carbonyl (C=O) groups excluding carboxylic acids is 1. The number of guanidine groups is 1. The highest BCUT2D eigenvalue weighted by atomic mass is 32.1. The van der Waals surface area contributed by atoms with Crippen molar-refractivity contribution in [3.63, 3.8) is 0 Å². The van der Waals surface area contributed by atoms with Crippen LogP contribution in [0.25, 0.3) is 0 Å². The molecular weight excluding hydrogens is 396 g/mol. The van der Waals surface area contributed by atoms with E-state index in [1.165, 1.54) is 4.88 Å². The predicted octanol–water partition coefficient (Wildman–Crippen LogP) is 2.29. The maximum atomic E-state index is 12.0. The van der Waals surface area contributed by atoms with Crippen LogP contribution in [0.1, 0.15) is 23.4 Å². The van der Waals surface area contributed by atoms with E-state index in [0.717, 1.165) is 50.4 Å². The number of thiophene rings is 1. The van der Waals surface area contributed by atoms with Crippen molar-refractivity contribution in [2.75, 3.05) is 45.2 Å². The second kappa shape index (κ2) is 11.0. The van der Waals surface area contributed by atoms with Gasteiger partial charge in [0.05, 0.1) is 0 Å². The van der Waals surface area contributed by atoms with Gasteiger partial charge in [0.1, 0.15) is 12.4 Å². The summed E-state index contributed by atoms with van der Waals surface area (Å²) in [5, 5.41) is 9.03. The monoisotopic (exact) mass is 428 g/mol. The first-order chi connectivity index (χ1) is 14.5. The lowest BCUT2D eigenvalue weighted by Crippen LogP contribution is -2.49. The van der Waals surface area contributed by atoms with Crippen LogP contribution in [0.15, 0.2) is 40.7 Å². The molecule has 7 nitrogen and oxygen atoms in total. The molecule has 0 bridgehead atoms. The lowest BCUT2D eigenvalue weighted by Gasteiger charge is -2.34. The lowest BCUT2D eigenvalue weighted by atomic mass is 10.1. The van der Waals surface area contributed by atoms with Crippen LogP contribution in [-0.2, 0) is 11.2 Å². The third-order valence-corrected chi connectivity index (χ3v) is 6.08. The molecule has 0 aromatic carbocycles. The lowest BCUT2D eigenvalue weighted by molar-refractivity contribution is -0.127. The number of amides is 1. The van der Waals surface area contributed by atoms with Gasteiger partial charge in [-0.05, 0) is 49.8 Å². The van der Waals surface area contributed by atoms with Gasteiger partial charge in [-0.1, -0.05) is 12.1 Å². The number of hydrogen-bond acceptors (Lipinski definition) is 5. The summed E-state index contributed by atoms with van der Waals surface area (Å²) in [4.78, 5) is 26.4. The van der Waals surface area contributed by atoms with Crippen molar-refractivity contribution in [1.82, 2.24) is 20.5 Å². The second-order valence-corrected chi connectivity index (χ2v) is 8.78. The molecule has 1 amide bonds. The Labute approximate surface area is 183 Å². The van der Waals surface area contributed by atoms with Gasteiger partial charge < -0.3 is 20.4 Å². The number of aromatic nitrogens is 1. The number of carbonyl (C=O) groups is 1. The summed E-state index contributed by atoms with van der Waals surface area (Å²) in [6.45, 7) is 4.86. The fourth-order valence-corrected chi connectivity index (χ4v) is 4.06. The van der Waals surface area contributed by atoms with Crippen molar-refractivity contribution in [3.05, 3.63) is 46.3 Å². The molecular formula is C22H32N6OS. The van der Waals surface area contributed by atoms with Crippen molar-refractivity contribution in [2.45, 2.75) is 32.2 Å². The number of aryl methyl sites for hydroxylation is 1. The van der Waals surface area contributed by atoms with Gasteiger partial charge in [0.25, 0.3) is 0 Å². The third-order valence-electron chi connectivity index (χ3n) is 5.15. The number of nitrogens with zero attached hydrogens (tertiary/aromatic N) is 4. The second-order valence-electron chi connectivity index (χ2n) is 7.75. The van der Waals surface area contributed by atoms with Gasteiger partial charge in [-0.25, -0.2) is 9.98 Å². The topological polar surface area (TPSA) is 72.9 Å². The molecule has 1 aliphatic rings. The molecule has 2 aromatic rings. The van der Waals surface area contributed by atoms with Crippen LogP contribution >= 0.6 is 11.3 Å². The summed E-state index contributed by atoms with van der Waals surface area (Å²) < 4.78 is 0. The Morgan fingerprint density at radius 1 is 1.27 bits per heavy atom. The van der Waals surface area contributed by atoms with Gasteiger partial charge >= 0.3 is 0 Å².